The van der Waals surface area contributed by atoms with Gasteiger partial charge in [0.05, 0.1) is 0 Å². The van der Waals surface area contributed by atoms with Crippen LogP contribution in [0.15, 0.2) is 51.8 Å². The number of hydrogen-bond acceptors (Lipinski definition) is 9. The number of sulfonamides is 1. The van der Waals surface area contributed by atoms with Crippen molar-refractivity contribution in [2.24, 2.45) is 17.2 Å². The first-order chi connectivity index (χ1) is 17.0. The zero-order chi connectivity index (χ0) is 28.1. The number of hydrogen-bond donors (Lipinski definition) is 1. The molecule has 0 saturated heterocycles. The number of carbonyl (C=O) groups is 1. The van der Waals surface area contributed by atoms with Crippen molar-refractivity contribution < 1.29 is 46.7 Å². The Balaban J connectivity index is 0.000000877. The lowest BCUT2D eigenvalue weighted by Crippen LogP contribution is -2.68. The van der Waals surface area contributed by atoms with Gasteiger partial charge in [-0.05, 0) is 11.1 Å². The summed E-state index contributed by atoms with van der Waals surface area (Å²) in [6.45, 7) is 8.41. The van der Waals surface area contributed by atoms with Gasteiger partial charge in [-0.3, -0.25) is 4.79 Å². The minimum Gasteiger partial charge on any atom is -0.265 e. The number of aromatic nitrogens is 3. The highest BCUT2D eigenvalue weighted by Gasteiger charge is 2.26. The summed E-state index contributed by atoms with van der Waals surface area (Å²) in [5, 5.41) is 8.99. The van der Waals surface area contributed by atoms with E-state index in [0.717, 1.165) is 33.9 Å². The molecule has 1 aromatic carbocycles. The normalized spacial score (nSPS) is 12.6. The Morgan fingerprint density at radius 2 is 1.54 bits per heavy atom. The van der Waals surface area contributed by atoms with Crippen LogP contribution < -0.4 is 33.1 Å². The predicted molar refractivity (Wildman–Crippen MR) is 123 cm³/mol. The van der Waals surface area contributed by atoms with Gasteiger partial charge in [0.2, 0.25) is 15.7 Å². The Morgan fingerprint density at radius 3 is 1.95 bits per heavy atom. The molecule has 0 bridgehead atoms. The fourth-order valence-electron chi connectivity index (χ4n) is 3.42. The SMILES string of the molecule is CC(C)c1cc(-c2ccccc2)cc(C(C)C)[n+]1CC(=O)N=c1sc(S(N)(=O)=O)nn1C.[O-][Cl+3]([O-])([O-])[O-]. The summed E-state index contributed by atoms with van der Waals surface area (Å²) in [4.78, 5) is 17.2. The first-order valence-corrected chi connectivity index (χ1v) is 14.5. The van der Waals surface area contributed by atoms with Crippen molar-refractivity contribution in [1.82, 2.24) is 9.78 Å². The summed E-state index contributed by atoms with van der Waals surface area (Å²) in [5.41, 5.74) is 4.27. The van der Waals surface area contributed by atoms with Gasteiger partial charge in [-0.2, -0.15) is 9.56 Å². The lowest BCUT2D eigenvalue weighted by molar-refractivity contribution is -2.00. The molecule has 1 amide bonds. The molecule has 15 heteroatoms. The molecule has 12 nitrogen and oxygen atoms in total. The second-order valence-corrected chi connectivity index (χ2v) is 12.0. The van der Waals surface area contributed by atoms with E-state index in [9.17, 15) is 13.2 Å². The highest BCUT2D eigenvalue weighted by Crippen LogP contribution is 2.25. The van der Waals surface area contributed by atoms with Crippen LogP contribution in [0.4, 0.5) is 0 Å². The second-order valence-electron chi connectivity index (χ2n) is 8.56. The maximum atomic E-state index is 12.9. The molecule has 0 saturated carbocycles. The van der Waals surface area contributed by atoms with E-state index >= 15 is 0 Å². The van der Waals surface area contributed by atoms with Gasteiger partial charge in [-0.1, -0.05) is 69.4 Å². The maximum Gasteiger partial charge on any atom is 0.314 e. The van der Waals surface area contributed by atoms with E-state index in [2.05, 4.69) is 62.1 Å². The van der Waals surface area contributed by atoms with E-state index in [0.29, 0.717) is 0 Å². The molecule has 0 aliphatic heterocycles. The fraction of sp³-hybridized carbons (Fsp3) is 0.364. The molecule has 2 heterocycles. The molecule has 0 aliphatic rings. The van der Waals surface area contributed by atoms with Gasteiger partial charge >= 0.3 is 5.91 Å². The van der Waals surface area contributed by atoms with Gasteiger partial charge in [0.15, 0.2) is 11.4 Å². The average Bonchev–Trinajstić information content (AvgIpc) is 3.13. The Kier molecular flexibility index (Phi) is 10.2. The van der Waals surface area contributed by atoms with Crippen molar-refractivity contribution >= 4 is 27.3 Å². The third-order valence-corrected chi connectivity index (χ3v) is 7.27. The highest BCUT2D eigenvalue weighted by atomic mass is 35.7. The van der Waals surface area contributed by atoms with Crippen molar-refractivity contribution in [2.45, 2.75) is 50.4 Å². The number of amides is 1. The van der Waals surface area contributed by atoms with Crippen LogP contribution in [0.1, 0.15) is 50.9 Å². The maximum absolute atomic E-state index is 12.9. The van der Waals surface area contributed by atoms with Crippen molar-refractivity contribution in [3.05, 3.63) is 58.7 Å². The first kappa shape index (κ1) is 30.7. The predicted octanol–water partition coefficient (Wildman–Crippen LogP) is -2.30. The van der Waals surface area contributed by atoms with Crippen molar-refractivity contribution in [2.75, 3.05) is 0 Å². The summed E-state index contributed by atoms with van der Waals surface area (Å²) < 4.78 is 60.0. The summed E-state index contributed by atoms with van der Waals surface area (Å²) in [6.07, 6.45) is 0. The number of benzene rings is 1. The molecule has 0 unspecified atom stereocenters. The Bertz CT molecular complexity index is 1380. The summed E-state index contributed by atoms with van der Waals surface area (Å²) in [7, 11) is -7.37. The van der Waals surface area contributed by atoms with Crippen LogP contribution in [0.5, 0.6) is 0 Å². The minimum atomic E-state index is -4.94. The number of nitrogens with zero attached hydrogens (tertiary/aromatic N) is 4. The topological polar surface area (TPSA) is 204 Å². The van der Waals surface area contributed by atoms with Crippen LogP contribution >= 0.6 is 11.3 Å². The fourth-order valence-corrected chi connectivity index (χ4v) is 4.98. The Hall–Kier alpha value is -2.56. The van der Waals surface area contributed by atoms with Crippen LogP contribution in [0.3, 0.4) is 0 Å². The summed E-state index contributed by atoms with van der Waals surface area (Å²) in [6, 6.07) is 14.4. The quantitative estimate of drug-likeness (QED) is 0.317. The number of nitrogens with two attached hydrogens (primary N) is 1. The standard InChI is InChI=1S/C22H28N5O3S2.ClHO4/c1-14(2)18-11-17(16-9-7-6-8-10-16)12-19(15(3)4)27(18)13-20(28)24-21-26(5)25-22(31-21)32(23,29)30;2-1(3,4)5/h6-12,14-15H,13H2,1-5H3,(H2,23,29,30);(H,2,3,4,5)/q+1;/p-1. The molecule has 0 radical (unpaired) electrons. The molecule has 0 fully saturated rings. The zero-order valence-corrected chi connectivity index (χ0v) is 23.2. The van der Waals surface area contributed by atoms with Gasteiger partial charge in [-0.25, -0.2) is 36.9 Å². The third kappa shape index (κ3) is 9.36. The van der Waals surface area contributed by atoms with Crippen molar-refractivity contribution in [3.8, 4) is 11.1 Å². The largest absolute Gasteiger partial charge is 0.314 e. The van der Waals surface area contributed by atoms with E-state index < -0.39 is 26.2 Å². The van der Waals surface area contributed by atoms with E-state index in [1.165, 1.54) is 11.7 Å². The van der Waals surface area contributed by atoms with Crippen molar-refractivity contribution in [3.63, 3.8) is 0 Å². The molecule has 0 atom stereocenters. The molecule has 0 aliphatic carbocycles. The highest BCUT2D eigenvalue weighted by molar-refractivity contribution is 7.91. The van der Waals surface area contributed by atoms with E-state index in [4.69, 9.17) is 23.8 Å². The molecule has 3 aromatic rings. The zero-order valence-electron chi connectivity index (χ0n) is 20.8. The van der Waals surface area contributed by atoms with Crippen LogP contribution in [-0.2, 0) is 28.4 Å². The molecule has 3 rings (SSSR count). The van der Waals surface area contributed by atoms with E-state index in [-0.39, 0.29) is 27.5 Å². The van der Waals surface area contributed by atoms with Crippen molar-refractivity contribution in [1.29, 1.82) is 0 Å². The third-order valence-electron chi connectivity index (χ3n) is 4.96. The molecule has 37 heavy (non-hydrogen) atoms. The number of carbonyl (C=O) groups excluding carboxylic acids is 1. The van der Waals surface area contributed by atoms with Gasteiger partial charge in [-0.15, -0.1) is 15.3 Å². The van der Waals surface area contributed by atoms with Crippen LogP contribution in [0.2, 0.25) is 0 Å². The van der Waals surface area contributed by atoms with Crippen LogP contribution in [0.25, 0.3) is 11.1 Å². The smallest absolute Gasteiger partial charge is 0.265 e. The van der Waals surface area contributed by atoms with Gasteiger partial charge in [0.1, 0.15) is 0 Å². The first-order valence-electron chi connectivity index (χ1n) is 10.9. The molecule has 2 aromatic heterocycles. The molecule has 0 spiro atoms. The average molecular weight is 574 g/mol. The molecule has 2 N–H and O–H groups in total. The number of pyridine rings is 1. The Morgan fingerprint density at radius 1 is 1.05 bits per heavy atom. The lowest BCUT2D eigenvalue weighted by Gasteiger charge is -2.17. The lowest BCUT2D eigenvalue weighted by atomic mass is 9.97. The second kappa shape index (κ2) is 12.3. The molecular weight excluding hydrogens is 546 g/mol. The van der Waals surface area contributed by atoms with E-state index in [1.807, 2.05) is 22.8 Å². The van der Waals surface area contributed by atoms with Gasteiger partial charge < -0.3 is 0 Å². The molecular formula is C22H28ClN5O7S2. The summed E-state index contributed by atoms with van der Waals surface area (Å²) in [5.74, 6) is -0.0404. The van der Waals surface area contributed by atoms with E-state index in [1.54, 1.807) is 0 Å². The Labute approximate surface area is 220 Å². The molecule has 202 valence electrons. The van der Waals surface area contributed by atoms with Gasteiger partial charge in [0, 0.05) is 31.0 Å². The number of halogens is 1. The number of rotatable bonds is 6. The van der Waals surface area contributed by atoms with Gasteiger partial charge in [0.25, 0.3) is 10.0 Å². The monoisotopic (exact) mass is 573 g/mol. The van der Waals surface area contributed by atoms with Crippen LogP contribution in [-0.4, -0.2) is 24.1 Å². The number of aryl methyl sites for hydroxylation is 1. The minimum absolute atomic E-state index is 0.0404. The van der Waals surface area contributed by atoms with Crippen LogP contribution in [0, 0.1) is 10.2 Å². The summed E-state index contributed by atoms with van der Waals surface area (Å²) >= 11 is 0.768. The number of primary sulfonamides is 1.